The first-order valence-corrected chi connectivity index (χ1v) is 11.1. The largest absolute Gasteiger partial charge is 0.349 e. The summed E-state index contributed by atoms with van der Waals surface area (Å²) in [6.07, 6.45) is 1.79. The molecule has 30 heavy (non-hydrogen) atoms. The number of thiophene rings is 1. The number of benzene rings is 2. The van der Waals surface area contributed by atoms with Crippen molar-refractivity contribution in [2.24, 2.45) is 0 Å². The molecule has 0 bridgehead atoms. The van der Waals surface area contributed by atoms with Crippen LogP contribution in [0.5, 0.6) is 0 Å². The second kappa shape index (κ2) is 7.51. The third-order valence-corrected chi connectivity index (χ3v) is 6.51. The molecule has 3 heterocycles. The van der Waals surface area contributed by atoms with Gasteiger partial charge in [-0.1, -0.05) is 23.5 Å². The molecule has 0 aliphatic rings. The fraction of sp³-hybridized carbons (Fsp3) is 0.143. The molecular weight excluding hydrogens is 416 g/mol. The Bertz CT molecular complexity index is 1370. The molecule has 150 valence electrons. The van der Waals surface area contributed by atoms with Gasteiger partial charge in [0.15, 0.2) is 0 Å². The molecular formula is C21H18N6OS2. The SMILES string of the molecule is CC(C)NC(=O)c1cc2ccc(-c3nnc(Nc4ccc5[nH]ncc5c4)s3)cc2s1. The molecule has 0 aliphatic heterocycles. The van der Waals surface area contributed by atoms with Crippen LogP contribution in [0.25, 0.3) is 31.6 Å². The zero-order valence-electron chi connectivity index (χ0n) is 16.3. The van der Waals surface area contributed by atoms with Gasteiger partial charge in [0.2, 0.25) is 5.13 Å². The minimum atomic E-state index is -0.0373. The van der Waals surface area contributed by atoms with Gasteiger partial charge in [0.25, 0.3) is 5.91 Å². The molecule has 2 aromatic carbocycles. The summed E-state index contributed by atoms with van der Waals surface area (Å²) in [7, 11) is 0. The number of carbonyl (C=O) groups is 1. The first-order valence-electron chi connectivity index (χ1n) is 9.44. The number of H-pyrrole nitrogens is 1. The Kier molecular flexibility index (Phi) is 4.68. The molecule has 0 saturated heterocycles. The zero-order valence-corrected chi connectivity index (χ0v) is 17.9. The number of hydrogen-bond acceptors (Lipinski definition) is 7. The second-order valence-electron chi connectivity index (χ2n) is 7.20. The molecule has 0 spiro atoms. The third kappa shape index (κ3) is 3.64. The summed E-state index contributed by atoms with van der Waals surface area (Å²) in [4.78, 5) is 13.0. The van der Waals surface area contributed by atoms with E-state index in [9.17, 15) is 4.79 Å². The van der Waals surface area contributed by atoms with Gasteiger partial charge in [-0.2, -0.15) is 5.10 Å². The van der Waals surface area contributed by atoms with Gasteiger partial charge < -0.3 is 10.6 Å². The van der Waals surface area contributed by atoms with E-state index in [1.54, 1.807) is 6.20 Å². The van der Waals surface area contributed by atoms with Crippen molar-refractivity contribution >= 4 is 60.4 Å². The van der Waals surface area contributed by atoms with E-state index in [1.165, 1.54) is 22.7 Å². The number of carbonyl (C=O) groups excluding carboxylic acids is 1. The van der Waals surface area contributed by atoms with E-state index in [4.69, 9.17) is 0 Å². The fourth-order valence-corrected chi connectivity index (χ4v) is 4.91. The van der Waals surface area contributed by atoms with Crippen molar-refractivity contribution in [3.63, 3.8) is 0 Å². The first kappa shape index (κ1) is 18.7. The number of amides is 1. The van der Waals surface area contributed by atoms with Crippen LogP contribution >= 0.6 is 22.7 Å². The molecule has 1 amide bonds. The summed E-state index contributed by atoms with van der Waals surface area (Å²) in [5.41, 5.74) is 2.90. The monoisotopic (exact) mass is 434 g/mol. The van der Waals surface area contributed by atoms with E-state index >= 15 is 0 Å². The topological polar surface area (TPSA) is 95.6 Å². The van der Waals surface area contributed by atoms with E-state index in [2.05, 4.69) is 37.1 Å². The fourth-order valence-electron chi connectivity index (χ4n) is 3.14. The number of hydrogen-bond donors (Lipinski definition) is 3. The van der Waals surface area contributed by atoms with Crippen LogP contribution in [0.4, 0.5) is 10.8 Å². The number of aromatic nitrogens is 4. The molecule has 0 aliphatic carbocycles. The van der Waals surface area contributed by atoms with E-state index in [1.807, 2.05) is 50.2 Å². The average molecular weight is 435 g/mol. The van der Waals surface area contributed by atoms with Gasteiger partial charge in [-0.15, -0.1) is 21.5 Å². The summed E-state index contributed by atoms with van der Waals surface area (Å²) in [5, 5.41) is 25.5. The predicted molar refractivity (Wildman–Crippen MR) is 123 cm³/mol. The van der Waals surface area contributed by atoms with Crippen molar-refractivity contribution in [3.8, 4) is 10.6 Å². The molecule has 3 aromatic heterocycles. The number of rotatable bonds is 5. The van der Waals surface area contributed by atoms with Gasteiger partial charge in [-0.3, -0.25) is 9.89 Å². The number of nitrogens with zero attached hydrogens (tertiary/aromatic N) is 3. The number of fused-ring (bicyclic) bond motifs is 2. The van der Waals surface area contributed by atoms with Gasteiger partial charge in [-0.05, 0) is 49.6 Å². The maximum absolute atomic E-state index is 12.3. The number of anilines is 2. The molecule has 0 unspecified atom stereocenters. The van der Waals surface area contributed by atoms with Crippen molar-refractivity contribution in [2.45, 2.75) is 19.9 Å². The maximum atomic E-state index is 12.3. The van der Waals surface area contributed by atoms with Crippen LogP contribution in [0.3, 0.4) is 0 Å². The standard InChI is InChI=1S/C21H18N6OS2/c1-11(2)23-19(28)18-8-12-3-4-13(9-17(12)29-18)20-26-27-21(30-20)24-15-5-6-16-14(7-15)10-22-25-16/h3-11H,1-2H3,(H,22,25)(H,23,28)(H,24,27). The molecule has 0 fully saturated rings. The predicted octanol–water partition coefficient (Wildman–Crippen LogP) is 5.18. The summed E-state index contributed by atoms with van der Waals surface area (Å²) in [5.74, 6) is -0.0373. The Hall–Kier alpha value is -3.30. The van der Waals surface area contributed by atoms with E-state index in [0.717, 1.165) is 42.4 Å². The van der Waals surface area contributed by atoms with Crippen LogP contribution in [0.2, 0.25) is 0 Å². The quantitative estimate of drug-likeness (QED) is 0.354. The molecule has 0 atom stereocenters. The first-order chi connectivity index (χ1) is 14.5. The minimum absolute atomic E-state index is 0.0373. The highest BCUT2D eigenvalue weighted by molar-refractivity contribution is 7.21. The van der Waals surface area contributed by atoms with Crippen LogP contribution in [-0.2, 0) is 0 Å². The molecule has 5 aromatic rings. The molecule has 7 nitrogen and oxygen atoms in total. The molecule has 0 saturated carbocycles. The van der Waals surface area contributed by atoms with E-state index in [-0.39, 0.29) is 11.9 Å². The number of nitrogens with one attached hydrogen (secondary N) is 3. The molecule has 9 heteroatoms. The van der Waals surface area contributed by atoms with Gasteiger partial charge in [0.05, 0.1) is 16.6 Å². The van der Waals surface area contributed by atoms with E-state index in [0.29, 0.717) is 4.88 Å². The normalized spacial score (nSPS) is 11.4. The maximum Gasteiger partial charge on any atom is 0.261 e. The molecule has 5 rings (SSSR count). The lowest BCUT2D eigenvalue weighted by molar-refractivity contribution is 0.0947. The second-order valence-corrected chi connectivity index (χ2v) is 9.26. The van der Waals surface area contributed by atoms with Gasteiger partial charge >= 0.3 is 0 Å². The Morgan fingerprint density at radius 1 is 1.03 bits per heavy atom. The van der Waals surface area contributed by atoms with Crippen LogP contribution < -0.4 is 10.6 Å². The molecule has 0 radical (unpaired) electrons. The van der Waals surface area contributed by atoms with Crippen LogP contribution in [0, 0.1) is 0 Å². The molecule has 3 N–H and O–H groups in total. The zero-order chi connectivity index (χ0) is 20.7. The Morgan fingerprint density at radius 2 is 1.93 bits per heavy atom. The van der Waals surface area contributed by atoms with Crippen molar-refractivity contribution in [1.29, 1.82) is 0 Å². The highest BCUT2D eigenvalue weighted by atomic mass is 32.1. The Labute approximate surface area is 180 Å². The lowest BCUT2D eigenvalue weighted by Crippen LogP contribution is -2.29. The van der Waals surface area contributed by atoms with Crippen LogP contribution in [0.1, 0.15) is 23.5 Å². The average Bonchev–Trinajstić information content (AvgIpc) is 3.45. The summed E-state index contributed by atoms with van der Waals surface area (Å²) >= 11 is 2.97. The Balaban J connectivity index is 1.38. The number of aromatic amines is 1. The van der Waals surface area contributed by atoms with Gasteiger partial charge in [-0.25, -0.2) is 0 Å². The Morgan fingerprint density at radius 3 is 2.80 bits per heavy atom. The van der Waals surface area contributed by atoms with Gasteiger partial charge in [0.1, 0.15) is 5.01 Å². The third-order valence-electron chi connectivity index (χ3n) is 4.53. The highest BCUT2D eigenvalue weighted by Gasteiger charge is 2.13. The van der Waals surface area contributed by atoms with Gasteiger partial charge in [0, 0.05) is 27.4 Å². The lowest BCUT2D eigenvalue weighted by atomic mass is 10.2. The van der Waals surface area contributed by atoms with Crippen molar-refractivity contribution < 1.29 is 4.79 Å². The summed E-state index contributed by atoms with van der Waals surface area (Å²) in [6.45, 7) is 3.91. The highest BCUT2D eigenvalue weighted by Crippen LogP contribution is 2.33. The van der Waals surface area contributed by atoms with Crippen molar-refractivity contribution in [2.75, 3.05) is 5.32 Å². The lowest BCUT2D eigenvalue weighted by Gasteiger charge is -2.05. The van der Waals surface area contributed by atoms with Crippen molar-refractivity contribution in [3.05, 3.63) is 53.5 Å². The summed E-state index contributed by atoms with van der Waals surface area (Å²) < 4.78 is 1.05. The van der Waals surface area contributed by atoms with Crippen LogP contribution in [0.15, 0.2) is 48.7 Å². The van der Waals surface area contributed by atoms with Crippen LogP contribution in [-0.4, -0.2) is 32.3 Å². The van der Waals surface area contributed by atoms with E-state index < -0.39 is 0 Å². The summed E-state index contributed by atoms with van der Waals surface area (Å²) in [6, 6.07) is 14.1. The minimum Gasteiger partial charge on any atom is -0.349 e. The van der Waals surface area contributed by atoms with Crippen molar-refractivity contribution in [1.82, 2.24) is 25.7 Å². The smallest absolute Gasteiger partial charge is 0.261 e.